The third-order valence-corrected chi connectivity index (χ3v) is 4.02. The monoisotopic (exact) mass is 353 g/mol. The van der Waals surface area contributed by atoms with Gasteiger partial charge in [0, 0.05) is 26.1 Å². The molecule has 0 unspecified atom stereocenters. The quantitative estimate of drug-likeness (QED) is 0.452. The number of aromatic nitrogens is 2. The number of benzene rings is 2. The average Bonchev–Trinajstić information content (AvgIpc) is 3.06. The number of guanidine groups is 1. The van der Waals surface area contributed by atoms with Crippen LogP contribution in [0.4, 0.5) is 4.39 Å². The van der Waals surface area contributed by atoms with Gasteiger partial charge in [-0.25, -0.2) is 9.37 Å². The zero-order valence-electron chi connectivity index (χ0n) is 14.9. The van der Waals surface area contributed by atoms with Crippen LogP contribution in [0.15, 0.2) is 53.5 Å². The number of fused-ring (bicyclic) bond motifs is 1. The van der Waals surface area contributed by atoms with Crippen molar-refractivity contribution in [2.45, 2.75) is 19.8 Å². The number of nitrogens with one attached hydrogen (secondary N) is 3. The smallest absolute Gasteiger partial charge is 0.191 e. The van der Waals surface area contributed by atoms with Gasteiger partial charge in [0.25, 0.3) is 0 Å². The molecule has 0 radical (unpaired) electrons. The van der Waals surface area contributed by atoms with Crippen LogP contribution in [-0.4, -0.2) is 35.6 Å². The first-order valence-electron chi connectivity index (χ1n) is 8.95. The summed E-state index contributed by atoms with van der Waals surface area (Å²) in [6, 6.07) is 14.6. The van der Waals surface area contributed by atoms with Crippen LogP contribution in [0.1, 0.15) is 18.3 Å². The van der Waals surface area contributed by atoms with Crippen molar-refractivity contribution in [2.75, 3.05) is 19.6 Å². The van der Waals surface area contributed by atoms with Crippen molar-refractivity contribution in [1.29, 1.82) is 0 Å². The lowest BCUT2D eigenvalue weighted by atomic mass is 10.1. The second-order valence-electron chi connectivity index (χ2n) is 6.01. The molecule has 3 rings (SSSR count). The van der Waals surface area contributed by atoms with Crippen molar-refractivity contribution in [2.24, 2.45) is 4.99 Å². The van der Waals surface area contributed by atoms with E-state index in [9.17, 15) is 4.39 Å². The highest BCUT2D eigenvalue weighted by Crippen LogP contribution is 2.10. The number of halogens is 1. The van der Waals surface area contributed by atoms with Gasteiger partial charge in [0.2, 0.25) is 0 Å². The largest absolute Gasteiger partial charge is 0.357 e. The lowest BCUT2D eigenvalue weighted by Gasteiger charge is -2.11. The minimum Gasteiger partial charge on any atom is -0.357 e. The Kier molecular flexibility index (Phi) is 6.19. The maximum atomic E-state index is 12.9. The molecule has 0 aliphatic heterocycles. The molecule has 136 valence electrons. The number of hydrogen-bond acceptors (Lipinski definition) is 2. The Morgan fingerprint density at radius 3 is 2.65 bits per heavy atom. The molecule has 2 aromatic carbocycles. The summed E-state index contributed by atoms with van der Waals surface area (Å²) < 4.78 is 12.9. The zero-order chi connectivity index (χ0) is 18.2. The van der Waals surface area contributed by atoms with Gasteiger partial charge in [-0.3, -0.25) is 4.99 Å². The number of para-hydroxylation sites is 2. The number of H-pyrrole nitrogens is 1. The maximum absolute atomic E-state index is 12.9. The molecule has 0 spiro atoms. The highest BCUT2D eigenvalue weighted by molar-refractivity contribution is 5.79. The average molecular weight is 353 g/mol. The van der Waals surface area contributed by atoms with E-state index >= 15 is 0 Å². The van der Waals surface area contributed by atoms with Crippen molar-refractivity contribution in [1.82, 2.24) is 20.6 Å². The van der Waals surface area contributed by atoms with E-state index in [0.717, 1.165) is 54.3 Å². The van der Waals surface area contributed by atoms with Crippen LogP contribution >= 0.6 is 0 Å². The van der Waals surface area contributed by atoms with E-state index in [0.29, 0.717) is 6.54 Å². The highest BCUT2D eigenvalue weighted by Gasteiger charge is 2.02. The standard InChI is InChI=1S/C20H24FN5/c1-2-22-20(23-13-11-15-7-9-16(21)10-8-15)24-14-12-19-25-17-5-3-4-6-18(17)26-19/h3-10H,2,11-14H2,1H3,(H,25,26)(H2,22,23,24). The normalized spacial score (nSPS) is 11.7. The van der Waals surface area contributed by atoms with Gasteiger partial charge in [-0.05, 0) is 43.2 Å². The van der Waals surface area contributed by atoms with Gasteiger partial charge < -0.3 is 15.6 Å². The molecule has 0 saturated heterocycles. The van der Waals surface area contributed by atoms with Gasteiger partial charge >= 0.3 is 0 Å². The minimum absolute atomic E-state index is 0.206. The van der Waals surface area contributed by atoms with Crippen LogP contribution in [0.2, 0.25) is 0 Å². The van der Waals surface area contributed by atoms with Crippen molar-refractivity contribution in [3.8, 4) is 0 Å². The molecule has 3 aromatic rings. The fraction of sp³-hybridized carbons (Fsp3) is 0.300. The van der Waals surface area contributed by atoms with E-state index < -0.39 is 0 Å². The lowest BCUT2D eigenvalue weighted by Crippen LogP contribution is -2.38. The Bertz CT molecular complexity index is 821. The first kappa shape index (κ1) is 17.9. The number of aromatic amines is 1. The van der Waals surface area contributed by atoms with E-state index in [1.54, 1.807) is 0 Å². The summed E-state index contributed by atoms with van der Waals surface area (Å²) in [5, 5.41) is 6.55. The number of rotatable bonds is 7. The number of imidazole rings is 1. The Balaban J connectivity index is 1.50. The summed E-state index contributed by atoms with van der Waals surface area (Å²) in [5.41, 5.74) is 3.13. The molecule has 0 bridgehead atoms. The predicted molar refractivity (Wildman–Crippen MR) is 104 cm³/mol. The third-order valence-electron chi connectivity index (χ3n) is 4.02. The summed E-state index contributed by atoms with van der Waals surface area (Å²) >= 11 is 0. The summed E-state index contributed by atoms with van der Waals surface area (Å²) in [4.78, 5) is 12.5. The first-order valence-corrected chi connectivity index (χ1v) is 8.95. The molecule has 0 amide bonds. The van der Waals surface area contributed by atoms with Crippen molar-refractivity contribution in [3.63, 3.8) is 0 Å². The van der Waals surface area contributed by atoms with Crippen LogP contribution in [0, 0.1) is 5.82 Å². The first-order chi connectivity index (χ1) is 12.7. The second-order valence-corrected chi connectivity index (χ2v) is 6.01. The van der Waals surface area contributed by atoms with Gasteiger partial charge in [0.05, 0.1) is 11.0 Å². The van der Waals surface area contributed by atoms with Crippen LogP contribution in [-0.2, 0) is 12.8 Å². The SMILES string of the molecule is CCNC(=NCCc1nc2ccccc2[nH]1)NCCc1ccc(F)cc1. The molecule has 3 N–H and O–H groups in total. The van der Waals surface area contributed by atoms with E-state index in [-0.39, 0.29) is 5.82 Å². The molecule has 1 heterocycles. The van der Waals surface area contributed by atoms with E-state index in [1.807, 2.05) is 43.3 Å². The van der Waals surface area contributed by atoms with Crippen LogP contribution in [0.5, 0.6) is 0 Å². The maximum Gasteiger partial charge on any atom is 0.191 e. The molecular formula is C20H24FN5. The number of nitrogens with zero attached hydrogens (tertiary/aromatic N) is 2. The number of hydrogen-bond donors (Lipinski definition) is 3. The summed E-state index contributed by atoms with van der Waals surface area (Å²) in [6.07, 6.45) is 1.57. The van der Waals surface area contributed by atoms with Crippen molar-refractivity contribution in [3.05, 3.63) is 65.7 Å². The van der Waals surface area contributed by atoms with Gasteiger partial charge in [-0.15, -0.1) is 0 Å². The minimum atomic E-state index is -0.206. The van der Waals surface area contributed by atoms with Gasteiger partial charge in [0.1, 0.15) is 11.6 Å². The Morgan fingerprint density at radius 1 is 1.08 bits per heavy atom. The molecule has 26 heavy (non-hydrogen) atoms. The molecule has 1 aromatic heterocycles. The highest BCUT2D eigenvalue weighted by atomic mass is 19.1. The Morgan fingerprint density at radius 2 is 1.88 bits per heavy atom. The fourth-order valence-electron chi connectivity index (χ4n) is 2.72. The second kappa shape index (κ2) is 8.99. The summed E-state index contributed by atoms with van der Waals surface area (Å²) in [5.74, 6) is 1.52. The van der Waals surface area contributed by atoms with Gasteiger partial charge in [-0.1, -0.05) is 24.3 Å². The summed E-state index contributed by atoms with van der Waals surface area (Å²) in [7, 11) is 0. The van der Waals surface area contributed by atoms with Crippen LogP contribution in [0.25, 0.3) is 11.0 Å². The van der Waals surface area contributed by atoms with E-state index in [4.69, 9.17) is 0 Å². The molecule has 6 heteroatoms. The van der Waals surface area contributed by atoms with Crippen molar-refractivity contribution < 1.29 is 4.39 Å². The molecule has 0 aliphatic rings. The fourth-order valence-corrected chi connectivity index (χ4v) is 2.72. The van der Waals surface area contributed by atoms with Crippen LogP contribution in [0.3, 0.4) is 0 Å². The van der Waals surface area contributed by atoms with Gasteiger partial charge in [-0.2, -0.15) is 0 Å². The number of aliphatic imine (C=N–C) groups is 1. The van der Waals surface area contributed by atoms with Gasteiger partial charge in [0.15, 0.2) is 5.96 Å². The predicted octanol–water partition coefficient (Wildman–Crippen LogP) is 3.04. The zero-order valence-corrected chi connectivity index (χ0v) is 14.9. The molecule has 0 saturated carbocycles. The van der Waals surface area contributed by atoms with Crippen molar-refractivity contribution >= 4 is 17.0 Å². The molecule has 0 atom stereocenters. The topological polar surface area (TPSA) is 65.1 Å². The molecule has 0 fully saturated rings. The Labute approximate surface area is 152 Å². The Hall–Kier alpha value is -2.89. The molecular weight excluding hydrogens is 329 g/mol. The molecule has 0 aliphatic carbocycles. The lowest BCUT2D eigenvalue weighted by molar-refractivity contribution is 0.626. The van der Waals surface area contributed by atoms with E-state index in [2.05, 4.69) is 25.6 Å². The summed E-state index contributed by atoms with van der Waals surface area (Å²) in [6.45, 7) is 4.22. The van der Waals surface area contributed by atoms with E-state index in [1.165, 1.54) is 12.1 Å². The van der Waals surface area contributed by atoms with Crippen LogP contribution < -0.4 is 10.6 Å². The molecule has 5 nitrogen and oxygen atoms in total. The third kappa shape index (κ3) is 5.05.